The van der Waals surface area contributed by atoms with Gasteiger partial charge in [0, 0.05) is 24.9 Å². The van der Waals surface area contributed by atoms with E-state index in [9.17, 15) is 4.39 Å². The van der Waals surface area contributed by atoms with Gasteiger partial charge in [0.15, 0.2) is 5.82 Å². The molecule has 1 heterocycles. The highest BCUT2D eigenvalue weighted by Crippen LogP contribution is 2.21. The largest absolute Gasteiger partial charge is 0.486 e. The Hall–Kier alpha value is -1.88. The molecule has 0 bridgehead atoms. The average Bonchev–Trinajstić information content (AvgIpc) is 2.39. The van der Waals surface area contributed by atoms with E-state index in [1.54, 1.807) is 7.05 Å². The topological polar surface area (TPSA) is 47.0 Å². The lowest BCUT2D eigenvalue weighted by Crippen LogP contribution is -2.05. The summed E-state index contributed by atoms with van der Waals surface area (Å²) in [4.78, 5) is 8.51. The van der Waals surface area contributed by atoms with Crippen LogP contribution in [0.25, 0.3) is 0 Å². The minimum atomic E-state index is -0.474. The number of rotatable bonds is 4. The van der Waals surface area contributed by atoms with Gasteiger partial charge in [-0.3, -0.25) is 0 Å². The van der Waals surface area contributed by atoms with Crippen molar-refractivity contribution in [2.24, 2.45) is 0 Å². The van der Waals surface area contributed by atoms with Crippen LogP contribution in [0.3, 0.4) is 0 Å². The van der Waals surface area contributed by atoms with E-state index < -0.39 is 5.82 Å². The minimum absolute atomic E-state index is 0.0265. The van der Waals surface area contributed by atoms with Crippen LogP contribution < -0.4 is 10.1 Å². The standard InChI is InChI=1S/C13H13ClFN3O/c1-8-5-12(16-2)18-13(17-8)7-19-9-3-4-11(15)10(14)6-9/h3-6H,7H2,1-2H3,(H,16,17,18). The number of nitrogens with one attached hydrogen (secondary N) is 1. The van der Waals surface area contributed by atoms with E-state index >= 15 is 0 Å². The van der Waals surface area contributed by atoms with E-state index in [0.717, 1.165) is 11.5 Å². The molecule has 1 N–H and O–H groups in total. The van der Waals surface area contributed by atoms with Gasteiger partial charge >= 0.3 is 0 Å². The van der Waals surface area contributed by atoms with Crippen LogP contribution in [-0.4, -0.2) is 17.0 Å². The lowest BCUT2D eigenvalue weighted by molar-refractivity contribution is 0.295. The first kappa shape index (κ1) is 13.5. The van der Waals surface area contributed by atoms with Crippen LogP contribution in [0, 0.1) is 12.7 Å². The molecule has 6 heteroatoms. The van der Waals surface area contributed by atoms with Gasteiger partial charge in [0.05, 0.1) is 5.02 Å². The summed E-state index contributed by atoms with van der Waals surface area (Å²) in [5.41, 5.74) is 0.843. The van der Waals surface area contributed by atoms with Gasteiger partial charge in [-0.2, -0.15) is 0 Å². The fraction of sp³-hybridized carbons (Fsp3) is 0.231. The molecule has 0 fully saturated rings. The number of hydrogen-bond acceptors (Lipinski definition) is 4. The smallest absolute Gasteiger partial charge is 0.168 e. The normalized spacial score (nSPS) is 10.3. The summed E-state index contributed by atoms with van der Waals surface area (Å²) in [6.07, 6.45) is 0. The first-order valence-electron chi connectivity index (χ1n) is 5.68. The second-order valence-electron chi connectivity index (χ2n) is 3.93. The number of benzene rings is 1. The summed E-state index contributed by atoms with van der Waals surface area (Å²) in [7, 11) is 1.78. The Bertz CT molecular complexity index is 592. The SMILES string of the molecule is CNc1cc(C)nc(COc2ccc(F)c(Cl)c2)n1. The molecule has 2 aromatic rings. The maximum absolute atomic E-state index is 13.0. The number of halogens is 2. The Labute approximate surface area is 115 Å². The summed E-state index contributed by atoms with van der Waals surface area (Å²) in [5, 5.41) is 2.97. The number of nitrogens with zero attached hydrogens (tertiary/aromatic N) is 2. The van der Waals surface area contributed by atoms with E-state index in [1.165, 1.54) is 18.2 Å². The van der Waals surface area contributed by atoms with Crippen molar-refractivity contribution in [1.29, 1.82) is 0 Å². The molecule has 100 valence electrons. The van der Waals surface area contributed by atoms with Gasteiger partial charge in [0.2, 0.25) is 0 Å². The molecule has 1 aromatic heterocycles. The Kier molecular flexibility index (Phi) is 4.16. The zero-order valence-electron chi connectivity index (χ0n) is 10.6. The summed E-state index contributed by atoms with van der Waals surface area (Å²) in [6, 6.07) is 6.02. The van der Waals surface area contributed by atoms with Crippen LogP contribution in [0.5, 0.6) is 5.75 Å². The van der Waals surface area contributed by atoms with E-state index in [0.29, 0.717) is 11.6 Å². The van der Waals surface area contributed by atoms with Crippen molar-refractivity contribution < 1.29 is 9.13 Å². The lowest BCUT2D eigenvalue weighted by Gasteiger charge is -2.08. The molecule has 0 saturated heterocycles. The summed E-state index contributed by atoms with van der Waals surface area (Å²) in [6.45, 7) is 2.07. The highest BCUT2D eigenvalue weighted by molar-refractivity contribution is 6.30. The third-order valence-corrected chi connectivity index (χ3v) is 2.71. The molecule has 0 unspecified atom stereocenters. The van der Waals surface area contributed by atoms with Gasteiger partial charge in [0.1, 0.15) is 24.0 Å². The Balaban J connectivity index is 2.09. The number of anilines is 1. The molecule has 0 aliphatic heterocycles. The molecule has 4 nitrogen and oxygen atoms in total. The lowest BCUT2D eigenvalue weighted by atomic mass is 10.3. The Morgan fingerprint density at radius 1 is 1.32 bits per heavy atom. The van der Waals surface area contributed by atoms with Crippen LogP contribution in [0.2, 0.25) is 5.02 Å². The van der Waals surface area contributed by atoms with Gasteiger partial charge in [-0.1, -0.05) is 11.6 Å². The molecule has 0 aliphatic carbocycles. The number of hydrogen-bond donors (Lipinski definition) is 1. The molecule has 0 spiro atoms. The Morgan fingerprint density at radius 2 is 2.11 bits per heavy atom. The summed E-state index contributed by atoms with van der Waals surface area (Å²) >= 11 is 5.67. The van der Waals surface area contributed by atoms with Gasteiger partial charge in [0.25, 0.3) is 0 Å². The molecule has 0 radical (unpaired) electrons. The number of aromatic nitrogens is 2. The molecule has 0 aliphatic rings. The van der Waals surface area contributed by atoms with Crippen molar-refractivity contribution in [3.8, 4) is 5.75 Å². The van der Waals surface area contributed by atoms with Crippen LogP contribution >= 0.6 is 11.6 Å². The fourth-order valence-corrected chi connectivity index (χ4v) is 1.71. The average molecular weight is 282 g/mol. The zero-order chi connectivity index (χ0) is 13.8. The third-order valence-electron chi connectivity index (χ3n) is 2.42. The van der Waals surface area contributed by atoms with E-state index in [4.69, 9.17) is 16.3 Å². The maximum Gasteiger partial charge on any atom is 0.168 e. The molecule has 1 aromatic carbocycles. The van der Waals surface area contributed by atoms with E-state index in [1.807, 2.05) is 13.0 Å². The monoisotopic (exact) mass is 281 g/mol. The first-order chi connectivity index (χ1) is 9.08. The van der Waals surface area contributed by atoms with Gasteiger partial charge in [-0.25, -0.2) is 14.4 Å². The van der Waals surface area contributed by atoms with Crippen LogP contribution in [0.4, 0.5) is 10.2 Å². The second-order valence-corrected chi connectivity index (χ2v) is 4.33. The maximum atomic E-state index is 13.0. The quantitative estimate of drug-likeness (QED) is 0.935. The van der Waals surface area contributed by atoms with Crippen molar-refractivity contribution in [2.45, 2.75) is 13.5 Å². The third kappa shape index (κ3) is 3.54. The van der Waals surface area contributed by atoms with Gasteiger partial charge in [-0.05, 0) is 19.1 Å². The van der Waals surface area contributed by atoms with E-state index in [2.05, 4.69) is 15.3 Å². The van der Waals surface area contributed by atoms with Gasteiger partial charge in [-0.15, -0.1) is 0 Å². The summed E-state index contributed by atoms with van der Waals surface area (Å²) in [5.74, 6) is 1.27. The number of ether oxygens (including phenoxy) is 1. The van der Waals surface area contributed by atoms with Crippen molar-refractivity contribution >= 4 is 17.4 Å². The van der Waals surface area contributed by atoms with Crippen molar-refractivity contribution in [3.63, 3.8) is 0 Å². The van der Waals surface area contributed by atoms with Crippen LogP contribution in [-0.2, 0) is 6.61 Å². The summed E-state index contributed by atoms with van der Waals surface area (Å²) < 4.78 is 18.5. The van der Waals surface area contributed by atoms with Crippen LogP contribution in [0.15, 0.2) is 24.3 Å². The van der Waals surface area contributed by atoms with Crippen LogP contribution in [0.1, 0.15) is 11.5 Å². The minimum Gasteiger partial charge on any atom is -0.486 e. The highest BCUT2D eigenvalue weighted by atomic mass is 35.5. The molecule has 19 heavy (non-hydrogen) atoms. The van der Waals surface area contributed by atoms with Gasteiger partial charge < -0.3 is 10.1 Å². The fourth-order valence-electron chi connectivity index (χ4n) is 1.54. The molecular formula is C13H13ClFN3O. The predicted octanol–water partition coefficient (Wildman–Crippen LogP) is 3.20. The molecule has 0 saturated carbocycles. The van der Waals surface area contributed by atoms with Crippen molar-refractivity contribution in [1.82, 2.24) is 9.97 Å². The van der Waals surface area contributed by atoms with E-state index in [-0.39, 0.29) is 11.6 Å². The Morgan fingerprint density at radius 3 is 2.79 bits per heavy atom. The molecule has 0 amide bonds. The molecule has 0 atom stereocenters. The first-order valence-corrected chi connectivity index (χ1v) is 6.06. The second kappa shape index (κ2) is 5.84. The predicted molar refractivity (Wildman–Crippen MR) is 72.1 cm³/mol. The highest BCUT2D eigenvalue weighted by Gasteiger charge is 2.05. The molecular weight excluding hydrogens is 269 g/mol. The van der Waals surface area contributed by atoms with Crippen molar-refractivity contribution in [2.75, 3.05) is 12.4 Å². The van der Waals surface area contributed by atoms with Crippen molar-refractivity contribution in [3.05, 3.63) is 46.6 Å². The molecule has 2 rings (SSSR count). The number of aryl methyl sites for hydroxylation is 1. The zero-order valence-corrected chi connectivity index (χ0v) is 11.3.